The molecule has 1 N–H and O–H groups in total. The predicted octanol–water partition coefficient (Wildman–Crippen LogP) is 1.73. The van der Waals surface area contributed by atoms with Gasteiger partial charge >= 0.3 is 5.97 Å². The third-order valence-electron chi connectivity index (χ3n) is 2.12. The number of alkyl halides is 2. The van der Waals surface area contributed by atoms with Gasteiger partial charge in [0, 0.05) is 19.2 Å². The Balaban J connectivity index is 2.73. The molecule has 0 aliphatic carbocycles. The number of aromatic nitrogens is 2. The molecule has 0 saturated carbocycles. The van der Waals surface area contributed by atoms with Crippen LogP contribution < -0.4 is 0 Å². The van der Waals surface area contributed by atoms with Gasteiger partial charge < -0.3 is 5.11 Å². The normalized spacial score (nSPS) is 13.1. The Bertz CT molecular complexity index is 339. The fourth-order valence-electron chi connectivity index (χ4n) is 1.24. The van der Waals surface area contributed by atoms with Gasteiger partial charge in [-0.25, -0.2) is 8.78 Å². The number of nitrogens with zero attached hydrogens (tertiary/aromatic N) is 2. The number of aryl methyl sites for hydroxylation is 1. The second-order valence-electron chi connectivity index (χ2n) is 3.22. The van der Waals surface area contributed by atoms with Crippen LogP contribution in [0.3, 0.4) is 0 Å². The molecule has 4 nitrogen and oxygen atoms in total. The average molecular weight is 218 g/mol. The minimum absolute atomic E-state index is 0.0393. The number of hydrogen-bond donors (Lipinski definition) is 1. The molecule has 1 heterocycles. The fourth-order valence-corrected chi connectivity index (χ4v) is 1.24. The number of rotatable bonds is 5. The van der Waals surface area contributed by atoms with Crippen LogP contribution in [0.15, 0.2) is 12.3 Å². The molecule has 1 rings (SSSR count). The van der Waals surface area contributed by atoms with Crippen LogP contribution in [0.4, 0.5) is 8.78 Å². The van der Waals surface area contributed by atoms with E-state index in [4.69, 9.17) is 5.11 Å². The van der Waals surface area contributed by atoms with E-state index in [1.54, 1.807) is 0 Å². The molecule has 1 aromatic rings. The first-order valence-electron chi connectivity index (χ1n) is 4.55. The van der Waals surface area contributed by atoms with Crippen molar-refractivity contribution in [3.05, 3.63) is 18.0 Å². The van der Waals surface area contributed by atoms with Crippen molar-refractivity contribution in [1.29, 1.82) is 0 Å². The summed E-state index contributed by atoms with van der Waals surface area (Å²) >= 11 is 0. The van der Waals surface area contributed by atoms with E-state index < -0.39 is 18.3 Å². The van der Waals surface area contributed by atoms with Crippen LogP contribution in [-0.2, 0) is 11.3 Å². The summed E-state index contributed by atoms with van der Waals surface area (Å²) in [7, 11) is 0. The maximum absolute atomic E-state index is 12.0. The van der Waals surface area contributed by atoms with Crippen molar-refractivity contribution in [2.24, 2.45) is 0 Å². The molecule has 1 unspecified atom stereocenters. The summed E-state index contributed by atoms with van der Waals surface area (Å²) < 4.78 is 25.2. The molecule has 0 radical (unpaired) electrons. The van der Waals surface area contributed by atoms with Gasteiger partial charge in [-0.1, -0.05) is 0 Å². The summed E-state index contributed by atoms with van der Waals surface area (Å²) in [5, 5.41) is 12.6. The fraction of sp³-hybridized carbons (Fsp3) is 0.556. The minimum atomic E-state index is -2.40. The quantitative estimate of drug-likeness (QED) is 0.818. The van der Waals surface area contributed by atoms with Crippen LogP contribution in [0, 0.1) is 0 Å². The lowest BCUT2D eigenvalue weighted by atomic mass is 10.1. The van der Waals surface area contributed by atoms with Gasteiger partial charge in [-0.2, -0.15) is 5.10 Å². The van der Waals surface area contributed by atoms with Crippen molar-refractivity contribution in [2.45, 2.75) is 32.2 Å². The van der Waals surface area contributed by atoms with Gasteiger partial charge in [0.25, 0.3) is 0 Å². The summed E-state index contributed by atoms with van der Waals surface area (Å²) in [5.41, 5.74) is 0.447. The number of hydrogen-bond acceptors (Lipinski definition) is 2. The highest BCUT2D eigenvalue weighted by atomic mass is 19.3. The first kappa shape index (κ1) is 11.6. The van der Waals surface area contributed by atoms with Gasteiger partial charge in [-0.05, 0) is 13.0 Å². The SMILES string of the molecule is CC(C(=O)O)c1ccnn1CCC(F)F. The molecule has 15 heavy (non-hydrogen) atoms. The first-order chi connectivity index (χ1) is 7.02. The van der Waals surface area contributed by atoms with Crippen LogP contribution in [0.1, 0.15) is 25.0 Å². The van der Waals surface area contributed by atoms with E-state index in [1.807, 2.05) is 0 Å². The van der Waals surface area contributed by atoms with Crippen molar-refractivity contribution in [3.8, 4) is 0 Å². The zero-order valence-electron chi connectivity index (χ0n) is 8.23. The Morgan fingerprint density at radius 2 is 2.33 bits per heavy atom. The molecule has 0 aromatic carbocycles. The molecule has 0 fully saturated rings. The second kappa shape index (κ2) is 4.86. The summed E-state index contributed by atoms with van der Waals surface area (Å²) in [4.78, 5) is 10.7. The standard InChI is InChI=1S/C9H12F2N2O2/c1-6(9(14)15)7-2-4-12-13(7)5-3-8(10)11/h2,4,6,8H,3,5H2,1H3,(H,14,15). The molecular formula is C9H12F2N2O2. The van der Waals surface area contributed by atoms with Gasteiger partial charge in [-0.15, -0.1) is 0 Å². The summed E-state index contributed by atoms with van der Waals surface area (Å²) in [5.74, 6) is -1.72. The molecule has 0 spiro atoms. The monoisotopic (exact) mass is 218 g/mol. The summed E-state index contributed by atoms with van der Waals surface area (Å²) in [6.45, 7) is 1.54. The van der Waals surface area contributed by atoms with Crippen molar-refractivity contribution >= 4 is 5.97 Å². The Labute approximate surface area is 85.5 Å². The molecular weight excluding hydrogens is 206 g/mol. The van der Waals surface area contributed by atoms with E-state index >= 15 is 0 Å². The Hall–Kier alpha value is -1.46. The van der Waals surface area contributed by atoms with Crippen molar-refractivity contribution in [3.63, 3.8) is 0 Å². The molecule has 0 amide bonds. The molecule has 0 aliphatic heterocycles. The lowest BCUT2D eigenvalue weighted by Gasteiger charge is -2.10. The lowest BCUT2D eigenvalue weighted by Crippen LogP contribution is -2.15. The van der Waals surface area contributed by atoms with E-state index in [0.717, 1.165) is 0 Å². The molecule has 84 valence electrons. The molecule has 0 aliphatic rings. The molecule has 0 bridgehead atoms. The van der Waals surface area contributed by atoms with Crippen molar-refractivity contribution in [1.82, 2.24) is 9.78 Å². The van der Waals surface area contributed by atoms with Gasteiger partial charge in [0.15, 0.2) is 0 Å². The van der Waals surface area contributed by atoms with Gasteiger partial charge in [-0.3, -0.25) is 9.48 Å². The van der Waals surface area contributed by atoms with Crippen LogP contribution in [-0.4, -0.2) is 27.3 Å². The zero-order valence-corrected chi connectivity index (χ0v) is 8.23. The highest BCUT2D eigenvalue weighted by Crippen LogP contribution is 2.15. The highest BCUT2D eigenvalue weighted by molar-refractivity contribution is 5.74. The summed E-state index contributed by atoms with van der Waals surface area (Å²) in [6.07, 6.45) is -1.30. The third kappa shape index (κ3) is 3.00. The van der Waals surface area contributed by atoms with E-state index in [-0.39, 0.29) is 13.0 Å². The first-order valence-corrected chi connectivity index (χ1v) is 4.55. The lowest BCUT2D eigenvalue weighted by molar-refractivity contribution is -0.138. The maximum Gasteiger partial charge on any atom is 0.312 e. The third-order valence-corrected chi connectivity index (χ3v) is 2.12. The maximum atomic E-state index is 12.0. The van der Waals surface area contributed by atoms with Crippen LogP contribution in [0.2, 0.25) is 0 Å². The smallest absolute Gasteiger partial charge is 0.312 e. The Morgan fingerprint density at radius 3 is 2.87 bits per heavy atom. The van der Waals surface area contributed by atoms with E-state index in [0.29, 0.717) is 5.69 Å². The topological polar surface area (TPSA) is 55.1 Å². The van der Waals surface area contributed by atoms with Gasteiger partial charge in [0.05, 0.1) is 11.6 Å². The van der Waals surface area contributed by atoms with E-state index in [1.165, 1.54) is 23.9 Å². The summed E-state index contributed by atoms with van der Waals surface area (Å²) in [6, 6.07) is 1.53. The largest absolute Gasteiger partial charge is 0.481 e. The Morgan fingerprint density at radius 1 is 1.67 bits per heavy atom. The van der Waals surface area contributed by atoms with Crippen molar-refractivity contribution < 1.29 is 18.7 Å². The van der Waals surface area contributed by atoms with Crippen LogP contribution in [0.25, 0.3) is 0 Å². The van der Waals surface area contributed by atoms with Crippen molar-refractivity contribution in [2.75, 3.05) is 0 Å². The van der Waals surface area contributed by atoms with E-state index in [2.05, 4.69) is 5.10 Å². The second-order valence-corrected chi connectivity index (χ2v) is 3.22. The van der Waals surface area contributed by atoms with Gasteiger partial charge in [0.2, 0.25) is 6.43 Å². The van der Waals surface area contributed by atoms with Crippen LogP contribution >= 0.6 is 0 Å². The molecule has 6 heteroatoms. The van der Waals surface area contributed by atoms with Gasteiger partial charge in [0.1, 0.15) is 0 Å². The molecule has 1 atom stereocenters. The van der Waals surface area contributed by atoms with Crippen LogP contribution in [0.5, 0.6) is 0 Å². The predicted molar refractivity (Wildman–Crippen MR) is 48.9 cm³/mol. The minimum Gasteiger partial charge on any atom is -0.481 e. The Kier molecular flexibility index (Phi) is 3.76. The van der Waals surface area contributed by atoms with E-state index in [9.17, 15) is 13.6 Å². The molecule has 1 aromatic heterocycles. The number of carbonyl (C=O) groups is 1. The highest BCUT2D eigenvalue weighted by Gasteiger charge is 2.18. The number of carboxylic acid groups (broad SMARTS) is 1. The average Bonchev–Trinajstić information content (AvgIpc) is 2.60. The number of carboxylic acids is 1. The number of aliphatic carboxylic acids is 1. The zero-order chi connectivity index (χ0) is 11.4. The molecule has 0 saturated heterocycles. The number of halogens is 2.